The van der Waals surface area contributed by atoms with Crippen molar-refractivity contribution in [3.63, 3.8) is 0 Å². The van der Waals surface area contributed by atoms with Gasteiger partial charge in [0.2, 0.25) is 0 Å². The molecule has 0 bridgehead atoms. The molecule has 0 N–H and O–H groups in total. The second-order valence-corrected chi connectivity index (χ2v) is 4.14. The molecule has 0 spiro atoms. The molecule has 1 radical (unpaired) electrons. The van der Waals surface area contributed by atoms with Crippen molar-refractivity contribution < 1.29 is 26.3 Å². The van der Waals surface area contributed by atoms with Gasteiger partial charge in [0.1, 0.15) is 0 Å². The van der Waals surface area contributed by atoms with Crippen LogP contribution in [0.4, 0.5) is 26.3 Å². The van der Waals surface area contributed by atoms with Crippen molar-refractivity contribution in [2.45, 2.75) is 25.7 Å². The molecule has 101 valence electrons. The number of rotatable bonds is 2. The number of hydrogen-bond donors (Lipinski definition) is 0. The van der Waals surface area contributed by atoms with E-state index in [-0.39, 0.29) is 6.42 Å². The number of halogens is 6. The fraction of sp³-hybridized carbons (Fsp3) is 0.417. The Kier molecular flexibility index (Phi) is 3.98. The maximum absolute atomic E-state index is 12.7. The molecule has 0 saturated heterocycles. The lowest BCUT2D eigenvalue weighted by atomic mass is 9.92. The summed E-state index contributed by atoms with van der Waals surface area (Å²) in [6.45, 7) is 4.91. The van der Waals surface area contributed by atoms with Gasteiger partial charge in [0, 0.05) is 0 Å². The first kappa shape index (κ1) is 14.9. The molecule has 0 aromatic heterocycles. The largest absolute Gasteiger partial charge is 0.416 e. The Balaban J connectivity index is 3.45. The smallest absolute Gasteiger partial charge is 0.166 e. The maximum atomic E-state index is 12.7. The van der Waals surface area contributed by atoms with Crippen molar-refractivity contribution in [2.75, 3.05) is 0 Å². The summed E-state index contributed by atoms with van der Waals surface area (Å²) in [6, 6.07) is 2.09. The molecule has 0 aliphatic heterocycles. The summed E-state index contributed by atoms with van der Waals surface area (Å²) in [6.07, 6.45) is -9.97. The Hall–Kier alpha value is -1.20. The Morgan fingerprint density at radius 1 is 1.00 bits per heavy atom. The molecule has 0 saturated carbocycles. The van der Waals surface area contributed by atoms with Crippen LogP contribution < -0.4 is 0 Å². The van der Waals surface area contributed by atoms with E-state index in [2.05, 4.69) is 6.92 Å². The Bertz CT molecular complexity index is 381. The van der Waals surface area contributed by atoms with Crippen LogP contribution in [0.3, 0.4) is 0 Å². The van der Waals surface area contributed by atoms with Crippen LogP contribution in [0.25, 0.3) is 0 Å². The van der Waals surface area contributed by atoms with Crippen LogP contribution in [0.2, 0.25) is 0 Å². The van der Waals surface area contributed by atoms with Gasteiger partial charge in [-0.1, -0.05) is 19.9 Å². The first-order chi connectivity index (χ1) is 8.03. The minimum absolute atomic E-state index is 0.371. The third-order valence-corrected chi connectivity index (χ3v) is 2.34. The van der Waals surface area contributed by atoms with E-state index in [4.69, 9.17) is 0 Å². The van der Waals surface area contributed by atoms with Crippen LogP contribution in [-0.2, 0) is 18.8 Å². The third kappa shape index (κ3) is 3.40. The van der Waals surface area contributed by atoms with Gasteiger partial charge in [-0.3, -0.25) is 0 Å². The molecular formula is C12H11F6. The molecule has 0 heterocycles. The standard InChI is InChI=1S/C12H11F6/c1-7(2)6-8-9(11(13,14)15)4-3-5-10(8)12(16,17)18/h3-5,7H,1,6H2,2H3. The van der Waals surface area contributed by atoms with Gasteiger partial charge < -0.3 is 0 Å². The Labute approximate surface area is 101 Å². The zero-order valence-corrected chi connectivity index (χ0v) is 9.49. The van der Waals surface area contributed by atoms with Crippen LogP contribution in [0.1, 0.15) is 23.6 Å². The van der Waals surface area contributed by atoms with Crippen LogP contribution >= 0.6 is 0 Å². The van der Waals surface area contributed by atoms with Gasteiger partial charge in [-0.25, -0.2) is 0 Å². The second kappa shape index (κ2) is 4.82. The molecule has 0 aliphatic rings. The molecule has 0 amide bonds. The van der Waals surface area contributed by atoms with E-state index in [1.165, 1.54) is 6.92 Å². The predicted octanol–water partition coefficient (Wildman–Crippen LogP) is 4.74. The maximum Gasteiger partial charge on any atom is 0.416 e. The van der Waals surface area contributed by atoms with E-state index in [1.54, 1.807) is 0 Å². The van der Waals surface area contributed by atoms with Crippen LogP contribution in [0.5, 0.6) is 0 Å². The minimum Gasteiger partial charge on any atom is -0.166 e. The summed E-state index contributed by atoms with van der Waals surface area (Å²) in [5.41, 5.74) is -3.22. The van der Waals surface area contributed by atoms with Crippen molar-refractivity contribution >= 4 is 0 Å². The first-order valence-electron chi connectivity index (χ1n) is 5.13. The highest BCUT2D eigenvalue weighted by molar-refractivity contribution is 5.39. The third-order valence-electron chi connectivity index (χ3n) is 2.34. The van der Waals surface area contributed by atoms with E-state index >= 15 is 0 Å². The molecule has 1 unspecified atom stereocenters. The minimum atomic E-state index is -4.80. The van der Waals surface area contributed by atoms with E-state index in [9.17, 15) is 26.3 Å². The molecule has 1 atom stereocenters. The van der Waals surface area contributed by atoms with Crippen LogP contribution in [0.15, 0.2) is 18.2 Å². The molecule has 1 rings (SSSR count). The zero-order valence-electron chi connectivity index (χ0n) is 9.49. The normalized spacial score (nSPS) is 13.2. The highest BCUT2D eigenvalue weighted by Gasteiger charge is 2.40. The van der Waals surface area contributed by atoms with Crippen molar-refractivity contribution in [3.05, 3.63) is 41.8 Å². The fourth-order valence-corrected chi connectivity index (χ4v) is 1.69. The molecule has 18 heavy (non-hydrogen) atoms. The number of hydrogen-bond acceptors (Lipinski definition) is 0. The molecular weight excluding hydrogens is 258 g/mol. The molecule has 1 aromatic carbocycles. The van der Waals surface area contributed by atoms with Crippen molar-refractivity contribution in [2.24, 2.45) is 5.92 Å². The number of alkyl halides is 6. The highest BCUT2D eigenvalue weighted by atomic mass is 19.4. The van der Waals surface area contributed by atoms with Gasteiger partial charge in [0.05, 0.1) is 11.1 Å². The van der Waals surface area contributed by atoms with E-state index in [1.807, 2.05) is 0 Å². The van der Waals surface area contributed by atoms with Gasteiger partial charge in [0.15, 0.2) is 0 Å². The van der Waals surface area contributed by atoms with E-state index in [0.717, 1.165) is 6.07 Å². The summed E-state index contributed by atoms with van der Waals surface area (Å²) in [4.78, 5) is 0. The van der Waals surface area contributed by atoms with Crippen LogP contribution in [0, 0.1) is 12.8 Å². The van der Waals surface area contributed by atoms with Gasteiger partial charge in [-0.2, -0.15) is 26.3 Å². The molecule has 0 aliphatic carbocycles. The molecule has 0 fully saturated rings. The van der Waals surface area contributed by atoms with Gasteiger partial charge in [0.25, 0.3) is 0 Å². The zero-order chi connectivity index (χ0) is 14.1. The average Bonchev–Trinajstić information content (AvgIpc) is 2.13. The topological polar surface area (TPSA) is 0 Å². The van der Waals surface area contributed by atoms with E-state index < -0.39 is 35.0 Å². The first-order valence-corrected chi connectivity index (χ1v) is 5.13. The predicted molar refractivity (Wildman–Crippen MR) is 54.7 cm³/mol. The molecule has 1 aromatic rings. The summed E-state index contributed by atoms with van der Waals surface area (Å²) < 4.78 is 76.1. The second-order valence-electron chi connectivity index (χ2n) is 4.14. The lowest BCUT2D eigenvalue weighted by Crippen LogP contribution is -2.17. The lowest BCUT2D eigenvalue weighted by molar-refractivity contribution is -0.144. The summed E-state index contributed by atoms with van der Waals surface area (Å²) in [7, 11) is 0. The van der Waals surface area contributed by atoms with Crippen LogP contribution in [-0.4, -0.2) is 0 Å². The van der Waals surface area contributed by atoms with Gasteiger partial charge in [-0.05, 0) is 30.0 Å². The Morgan fingerprint density at radius 2 is 1.39 bits per heavy atom. The monoisotopic (exact) mass is 269 g/mol. The van der Waals surface area contributed by atoms with Crippen molar-refractivity contribution in [3.8, 4) is 0 Å². The van der Waals surface area contributed by atoms with Gasteiger partial charge in [-0.15, -0.1) is 0 Å². The highest BCUT2D eigenvalue weighted by Crippen LogP contribution is 2.40. The van der Waals surface area contributed by atoms with E-state index in [0.29, 0.717) is 12.1 Å². The quantitative estimate of drug-likeness (QED) is 0.680. The fourth-order valence-electron chi connectivity index (χ4n) is 1.69. The van der Waals surface area contributed by atoms with Gasteiger partial charge >= 0.3 is 12.4 Å². The molecule has 6 heteroatoms. The molecule has 0 nitrogen and oxygen atoms in total. The summed E-state index contributed by atoms with van der Waals surface area (Å²) >= 11 is 0. The number of benzene rings is 1. The summed E-state index contributed by atoms with van der Waals surface area (Å²) in [5, 5.41) is 0. The van der Waals surface area contributed by atoms with Crippen molar-refractivity contribution in [1.29, 1.82) is 0 Å². The summed E-state index contributed by atoms with van der Waals surface area (Å²) in [5.74, 6) is -0.547. The SMILES string of the molecule is [CH2]C(C)Cc1c(C(F)(F)F)cccc1C(F)(F)F. The lowest BCUT2D eigenvalue weighted by Gasteiger charge is -2.19. The average molecular weight is 269 g/mol. The Morgan fingerprint density at radius 3 is 1.67 bits per heavy atom. The van der Waals surface area contributed by atoms with Crippen molar-refractivity contribution in [1.82, 2.24) is 0 Å².